The van der Waals surface area contributed by atoms with Crippen LogP contribution in [0.15, 0.2) is 30.6 Å². The number of halogens is 6. The van der Waals surface area contributed by atoms with E-state index in [0.717, 1.165) is 25.7 Å². The van der Waals surface area contributed by atoms with Crippen LogP contribution in [0.1, 0.15) is 36.8 Å². The first-order valence-electron chi connectivity index (χ1n) is 7.74. The zero-order chi connectivity index (χ0) is 18.8. The molecule has 1 aliphatic rings. The lowest BCUT2D eigenvalue weighted by molar-refractivity contribution is -0.143. The summed E-state index contributed by atoms with van der Waals surface area (Å²) in [6.45, 7) is 3.62. The lowest BCUT2D eigenvalue weighted by Crippen LogP contribution is -2.47. The van der Waals surface area contributed by atoms with Crippen LogP contribution in [0.4, 0.5) is 32.0 Å². The summed E-state index contributed by atoms with van der Waals surface area (Å²) in [6, 6.07) is 1.05. The average Bonchev–Trinajstić information content (AvgIpc) is 2.47. The topological polar surface area (TPSA) is 50.1 Å². The molecular formula is C16H19F6N3. The summed E-state index contributed by atoms with van der Waals surface area (Å²) in [5.41, 5.74) is 2.85. The van der Waals surface area contributed by atoms with Crippen molar-refractivity contribution in [2.24, 2.45) is 5.73 Å². The Labute approximate surface area is 141 Å². The van der Waals surface area contributed by atoms with Crippen LogP contribution in [0.3, 0.4) is 0 Å². The summed E-state index contributed by atoms with van der Waals surface area (Å²) in [4.78, 5) is 0. The number of hydrogen-bond donors (Lipinski definition) is 3. The van der Waals surface area contributed by atoms with Crippen molar-refractivity contribution in [2.75, 3.05) is 5.32 Å². The SMILES string of the molecule is C=C(Nc1cc(C(F)(F)F)cc(C(F)(F)F)c1)N[C@H]1CCCC[C@@H]1N. The maximum atomic E-state index is 12.8. The molecule has 0 unspecified atom stereocenters. The highest BCUT2D eigenvalue weighted by Gasteiger charge is 2.37. The minimum absolute atomic E-state index is 0.0818. The van der Waals surface area contributed by atoms with E-state index in [2.05, 4.69) is 17.2 Å². The van der Waals surface area contributed by atoms with E-state index in [9.17, 15) is 26.3 Å². The van der Waals surface area contributed by atoms with Crippen LogP contribution in [-0.2, 0) is 12.4 Å². The summed E-state index contributed by atoms with van der Waals surface area (Å²) in [5.74, 6) is 0.106. The summed E-state index contributed by atoms with van der Waals surface area (Å²) in [7, 11) is 0. The zero-order valence-corrected chi connectivity index (χ0v) is 13.3. The Bertz CT molecular complexity index is 591. The highest BCUT2D eigenvalue weighted by atomic mass is 19.4. The van der Waals surface area contributed by atoms with Gasteiger partial charge in [0.05, 0.1) is 16.9 Å². The van der Waals surface area contributed by atoms with Crippen molar-refractivity contribution in [3.63, 3.8) is 0 Å². The van der Waals surface area contributed by atoms with Crippen LogP contribution >= 0.6 is 0 Å². The lowest BCUT2D eigenvalue weighted by Gasteiger charge is -2.31. The Hall–Kier alpha value is -1.90. The minimum atomic E-state index is -4.89. The van der Waals surface area contributed by atoms with E-state index in [-0.39, 0.29) is 29.7 Å². The molecule has 25 heavy (non-hydrogen) atoms. The number of benzene rings is 1. The summed E-state index contributed by atoms with van der Waals surface area (Å²) in [5, 5.41) is 5.41. The van der Waals surface area contributed by atoms with Crippen molar-refractivity contribution in [1.82, 2.24) is 5.32 Å². The smallest absolute Gasteiger partial charge is 0.368 e. The Morgan fingerprint density at radius 3 is 1.96 bits per heavy atom. The molecule has 1 aromatic rings. The van der Waals surface area contributed by atoms with E-state index in [4.69, 9.17) is 5.73 Å². The van der Waals surface area contributed by atoms with Crippen molar-refractivity contribution in [3.8, 4) is 0 Å². The van der Waals surface area contributed by atoms with Crippen molar-refractivity contribution < 1.29 is 26.3 Å². The van der Waals surface area contributed by atoms with Gasteiger partial charge in [-0.3, -0.25) is 0 Å². The minimum Gasteiger partial charge on any atom is -0.368 e. The largest absolute Gasteiger partial charge is 0.416 e. The van der Waals surface area contributed by atoms with E-state index < -0.39 is 23.5 Å². The summed E-state index contributed by atoms with van der Waals surface area (Å²) >= 11 is 0. The number of hydrogen-bond acceptors (Lipinski definition) is 3. The molecule has 3 nitrogen and oxygen atoms in total. The van der Waals surface area contributed by atoms with Gasteiger partial charge in [-0.05, 0) is 31.0 Å². The van der Waals surface area contributed by atoms with Crippen molar-refractivity contribution in [3.05, 3.63) is 41.7 Å². The van der Waals surface area contributed by atoms with Crippen LogP contribution < -0.4 is 16.4 Å². The van der Waals surface area contributed by atoms with Gasteiger partial charge in [0, 0.05) is 17.8 Å². The second-order valence-corrected chi connectivity index (χ2v) is 6.10. The van der Waals surface area contributed by atoms with Crippen LogP contribution in [0, 0.1) is 0 Å². The molecular weight excluding hydrogens is 348 g/mol. The highest BCUT2D eigenvalue weighted by molar-refractivity contribution is 5.53. The molecule has 0 aliphatic heterocycles. The van der Waals surface area contributed by atoms with Crippen LogP contribution in [-0.4, -0.2) is 12.1 Å². The molecule has 1 aliphatic carbocycles. The van der Waals surface area contributed by atoms with Gasteiger partial charge in [-0.1, -0.05) is 19.4 Å². The third-order valence-electron chi connectivity index (χ3n) is 4.06. The van der Waals surface area contributed by atoms with Gasteiger partial charge in [-0.25, -0.2) is 0 Å². The molecule has 2 rings (SSSR count). The fourth-order valence-corrected chi connectivity index (χ4v) is 2.80. The van der Waals surface area contributed by atoms with E-state index in [1.54, 1.807) is 0 Å². The highest BCUT2D eigenvalue weighted by Crippen LogP contribution is 2.37. The number of nitrogens with one attached hydrogen (secondary N) is 2. The Morgan fingerprint density at radius 1 is 0.960 bits per heavy atom. The predicted octanol–water partition coefficient (Wildman–Crippen LogP) is 4.47. The second-order valence-electron chi connectivity index (χ2n) is 6.10. The molecule has 140 valence electrons. The predicted molar refractivity (Wildman–Crippen MR) is 82.6 cm³/mol. The van der Waals surface area contributed by atoms with E-state index in [0.29, 0.717) is 12.1 Å². The van der Waals surface area contributed by atoms with E-state index in [1.807, 2.05) is 0 Å². The third-order valence-corrected chi connectivity index (χ3v) is 4.06. The van der Waals surface area contributed by atoms with Crippen LogP contribution in [0.25, 0.3) is 0 Å². The van der Waals surface area contributed by atoms with Gasteiger partial charge >= 0.3 is 12.4 Å². The molecule has 1 fully saturated rings. The molecule has 9 heteroatoms. The Kier molecular flexibility index (Phi) is 5.55. The fraction of sp³-hybridized carbons (Fsp3) is 0.500. The monoisotopic (exact) mass is 367 g/mol. The molecule has 2 atom stereocenters. The van der Waals surface area contributed by atoms with Gasteiger partial charge in [-0.15, -0.1) is 0 Å². The maximum Gasteiger partial charge on any atom is 0.416 e. The molecule has 0 heterocycles. The molecule has 0 bridgehead atoms. The molecule has 1 saturated carbocycles. The third kappa shape index (κ3) is 5.29. The quantitative estimate of drug-likeness (QED) is 0.689. The molecule has 0 spiro atoms. The normalized spacial score (nSPS) is 21.7. The van der Waals surface area contributed by atoms with Gasteiger partial charge in [0.15, 0.2) is 0 Å². The molecule has 4 N–H and O–H groups in total. The molecule has 0 radical (unpaired) electrons. The molecule has 0 amide bonds. The Balaban J connectivity index is 2.18. The average molecular weight is 367 g/mol. The zero-order valence-electron chi connectivity index (χ0n) is 13.3. The summed E-state index contributed by atoms with van der Waals surface area (Å²) < 4.78 is 77.1. The first kappa shape index (κ1) is 19.4. The second kappa shape index (κ2) is 7.15. The summed E-state index contributed by atoms with van der Waals surface area (Å²) in [6.07, 6.45) is -6.29. The number of anilines is 1. The van der Waals surface area contributed by atoms with Crippen LogP contribution in [0.5, 0.6) is 0 Å². The maximum absolute atomic E-state index is 12.8. The van der Waals surface area contributed by atoms with Crippen LogP contribution in [0.2, 0.25) is 0 Å². The first-order valence-corrected chi connectivity index (χ1v) is 7.74. The lowest BCUT2D eigenvalue weighted by atomic mass is 9.91. The fourth-order valence-electron chi connectivity index (χ4n) is 2.80. The number of nitrogens with two attached hydrogens (primary N) is 1. The molecule has 0 aromatic heterocycles. The molecule has 0 saturated heterocycles. The van der Waals surface area contributed by atoms with Gasteiger partial charge in [0.1, 0.15) is 0 Å². The first-order chi connectivity index (χ1) is 11.5. The van der Waals surface area contributed by atoms with Crippen molar-refractivity contribution in [1.29, 1.82) is 0 Å². The van der Waals surface area contributed by atoms with Gasteiger partial charge in [0.2, 0.25) is 0 Å². The van der Waals surface area contributed by atoms with Crippen molar-refractivity contribution >= 4 is 5.69 Å². The Morgan fingerprint density at radius 2 is 1.48 bits per heavy atom. The van der Waals surface area contributed by atoms with Gasteiger partial charge in [-0.2, -0.15) is 26.3 Å². The van der Waals surface area contributed by atoms with E-state index >= 15 is 0 Å². The number of rotatable bonds is 4. The standard InChI is InChI=1S/C16H19F6N3/c1-9(25-14-5-3-2-4-13(14)23)24-12-7-10(15(17,18)19)6-11(8-12)16(20,21)22/h6-8,13-14,24-25H,1-5,23H2/t13-,14-/m0/s1. The van der Waals surface area contributed by atoms with Gasteiger partial charge in [0.25, 0.3) is 0 Å². The molecule has 1 aromatic carbocycles. The van der Waals surface area contributed by atoms with E-state index in [1.165, 1.54) is 0 Å². The number of alkyl halides is 6. The van der Waals surface area contributed by atoms with Gasteiger partial charge < -0.3 is 16.4 Å². The van der Waals surface area contributed by atoms with Crippen molar-refractivity contribution in [2.45, 2.75) is 50.1 Å².